The molecule has 2 heteroatoms. The third-order valence-electron chi connectivity index (χ3n) is 3.73. The van der Waals surface area contributed by atoms with E-state index in [0.717, 1.165) is 0 Å². The molecule has 1 unspecified atom stereocenters. The van der Waals surface area contributed by atoms with Crippen LogP contribution in [0.25, 0.3) is 0 Å². The van der Waals surface area contributed by atoms with Gasteiger partial charge in [-0.3, -0.25) is 4.90 Å². The lowest BCUT2D eigenvalue weighted by Gasteiger charge is -2.29. The summed E-state index contributed by atoms with van der Waals surface area (Å²) in [6.45, 7) is 5.84. The molecule has 1 fully saturated rings. The molecule has 0 aliphatic carbocycles. The Kier molecular flexibility index (Phi) is 3.72. The van der Waals surface area contributed by atoms with Gasteiger partial charge >= 0.3 is 0 Å². The van der Waals surface area contributed by atoms with Crippen LogP contribution in [0.4, 0.5) is 5.69 Å². The van der Waals surface area contributed by atoms with E-state index in [9.17, 15) is 0 Å². The Morgan fingerprint density at radius 1 is 1.29 bits per heavy atom. The number of rotatable bonds is 3. The summed E-state index contributed by atoms with van der Waals surface area (Å²) >= 11 is 0. The van der Waals surface area contributed by atoms with Crippen LogP contribution in [-0.2, 0) is 0 Å². The zero-order chi connectivity index (χ0) is 12.4. The first-order chi connectivity index (χ1) is 8.09. The average molecular weight is 232 g/mol. The van der Waals surface area contributed by atoms with Gasteiger partial charge in [-0.1, -0.05) is 12.1 Å². The summed E-state index contributed by atoms with van der Waals surface area (Å²) < 4.78 is 0. The molecule has 0 spiro atoms. The molecule has 2 nitrogen and oxygen atoms in total. The quantitative estimate of drug-likeness (QED) is 0.789. The Morgan fingerprint density at radius 3 is 2.71 bits per heavy atom. The largest absolute Gasteiger partial charge is 0.378 e. The van der Waals surface area contributed by atoms with Gasteiger partial charge in [0.15, 0.2) is 0 Å². The molecule has 1 aliphatic rings. The van der Waals surface area contributed by atoms with E-state index in [1.54, 1.807) is 0 Å². The van der Waals surface area contributed by atoms with Gasteiger partial charge in [0.25, 0.3) is 0 Å². The zero-order valence-corrected chi connectivity index (χ0v) is 11.5. The van der Waals surface area contributed by atoms with E-state index in [-0.39, 0.29) is 0 Å². The number of benzene rings is 1. The van der Waals surface area contributed by atoms with E-state index in [1.807, 2.05) is 0 Å². The highest BCUT2D eigenvalue weighted by Crippen LogP contribution is 2.34. The molecule has 0 bridgehead atoms. The van der Waals surface area contributed by atoms with Gasteiger partial charge in [-0.15, -0.1) is 0 Å². The van der Waals surface area contributed by atoms with Gasteiger partial charge < -0.3 is 4.90 Å². The lowest BCUT2D eigenvalue weighted by Crippen LogP contribution is -2.30. The van der Waals surface area contributed by atoms with E-state index in [0.29, 0.717) is 12.1 Å². The molecule has 1 saturated heterocycles. The molecule has 0 saturated carbocycles. The van der Waals surface area contributed by atoms with Gasteiger partial charge in [0.1, 0.15) is 0 Å². The van der Waals surface area contributed by atoms with Gasteiger partial charge in [0.2, 0.25) is 0 Å². The highest BCUT2D eigenvalue weighted by atomic mass is 15.2. The van der Waals surface area contributed by atoms with E-state index >= 15 is 0 Å². The normalized spacial score (nSPS) is 21.1. The van der Waals surface area contributed by atoms with Crippen LogP contribution in [0.1, 0.15) is 38.3 Å². The van der Waals surface area contributed by atoms with Crippen molar-refractivity contribution < 1.29 is 0 Å². The van der Waals surface area contributed by atoms with Crippen molar-refractivity contribution in [3.05, 3.63) is 29.8 Å². The monoisotopic (exact) mass is 232 g/mol. The molecule has 0 aromatic heterocycles. The maximum atomic E-state index is 2.62. The molecule has 17 heavy (non-hydrogen) atoms. The topological polar surface area (TPSA) is 6.48 Å². The predicted molar refractivity (Wildman–Crippen MR) is 74.6 cm³/mol. The summed E-state index contributed by atoms with van der Waals surface area (Å²) in [5.41, 5.74) is 2.78. The maximum Gasteiger partial charge on any atom is 0.0364 e. The van der Waals surface area contributed by atoms with Crippen molar-refractivity contribution in [1.29, 1.82) is 0 Å². The maximum absolute atomic E-state index is 2.62. The van der Waals surface area contributed by atoms with Gasteiger partial charge in [0.05, 0.1) is 0 Å². The summed E-state index contributed by atoms with van der Waals surface area (Å²) in [7, 11) is 4.21. The first-order valence-electron chi connectivity index (χ1n) is 6.62. The molecule has 0 amide bonds. The number of hydrogen-bond donors (Lipinski definition) is 0. The fourth-order valence-corrected chi connectivity index (χ4v) is 2.78. The Hall–Kier alpha value is -1.02. The Bertz CT molecular complexity index is 371. The number of nitrogens with zero attached hydrogens (tertiary/aromatic N) is 2. The average Bonchev–Trinajstić information content (AvgIpc) is 2.78. The lowest BCUT2D eigenvalue weighted by molar-refractivity contribution is 0.205. The van der Waals surface area contributed by atoms with Crippen molar-refractivity contribution in [2.45, 2.75) is 38.8 Å². The van der Waals surface area contributed by atoms with Crippen molar-refractivity contribution in [2.24, 2.45) is 0 Å². The fraction of sp³-hybridized carbons (Fsp3) is 0.600. The van der Waals surface area contributed by atoms with Crippen molar-refractivity contribution in [3.8, 4) is 0 Å². The van der Waals surface area contributed by atoms with Crippen LogP contribution in [-0.4, -0.2) is 31.6 Å². The molecule has 1 atom stereocenters. The van der Waals surface area contributed by atoms with Crippen LogP contribution >= 0.6 is 0 Å². The summed E-state index contributed by atoms with van der Waals surface area (Å²) in [4.78, 5) is 4.80. The van der Waals surface area contributed by atoms with Crippen LogP contribution in [0, 0.1) is 0 Å². The smallest absolute Gasteiger partial charge is 0.0364 e. The second-order valence-corrected chi connectivity index (χ2v) is 5.48. The molecular formula is C15H24N2. The van der Waals surface area contributed by atoms with Gasteiger partial charge in [0, 0.05) is 31.9 Å². The molecular weight excluding hydrogens is 208 g/mol. The number of hydrogen-bond acceptors (Lipinski definition) is 2. The molecule has 1 aromatic rings. The van der Waals surface area contributed by atoms with Gasteiger partial charge in [-0.05, 0) is 50.9 Å². The Balaban J connectivity index is 2.24. The standard InChI is InChI=1S/C15H24N2/c1-12(2)17-10-6-9-15(17)13-7-5-8-14(11-13)16(3)4/h5,7-8,11-12,15H,6,9-10H2,1-4H3. The van der Waals surface area contributed by atoms with Crippen molar-refractivity contribution in [1.82, 2.24) is 4.90 Å². The lowest BCUT2D eigenvalue weighted by atomic mass is 10.0. The molecule has 0 radical (unpaired) electrons. The summed E-state index contributed by atoms with van der Waals surface area (Å²) in [5.74, 6) is 0. The second kappa shape index (κ2) is 5.09. The first-order valence-corrected chi connectivity index (χ1v) is 6.62. The molecule has 1 heterocycles. The molecule has 2 rings (SSSR count). The molecule has 1 aromatic carbocycles. The highest BCUT2D eigenvalue weighted by molar-refractivity contribution is 5.48. The molecule has 1 aliphatic heterocycles. The van der Waals surface area contributed by atoms with Crippen LogP contribution in [0.3, 0.4) is 0 Å². The Morgan fingerprint density at radius 2 is 2.06 bits per heavy atom. The number of anilines is 1. The van der Waals surface area contributed by atoms with Crippen molar-refractivity contribution >= 4 is 5.69 Å². The van der Waals surface area contributed by atoms with E-state index in [2.05, 4.69) is 62.0 Å². The third kappa shape index (κ3) is 2.63. The predicted octanol–water partition coefficient (Wildman–Crippen LogP) is 3.30. The summed E-state index contributed by atoms with van der Waals surface area (Å²) in [6.07, 6.45) is 2.63. The minimum atomic E-state index is 0.620. The van der Waals surface area contributed by atoms with Crippen LogP contribution in [0.2, 0.25) is 0 Å². The minimum Gasteiger partial charge on any atom is -0.378 e. The number of likely N-dealkylation sites (tertiary alicyclic amines) is 1. The zero-order valence-electron chi connectivity index (χ0n) is 11.5. The highest BCUT2D eigenvalue weighted by Gasteiger charge is 2.27. The third-order valence-corrected chi connectivity index (χ3v) is 3.73. The SMILES string of the molecule is CC(C)N1CCCC1c1cccc(N(C)C)c1. The molecule has 0 N–H and O–H groups in total. The van der Waals surface area contributed by atoms with Crippen molar-refractivity contribution in [3.63, 3.8) is 0 Å². The Labute approximate surface area is 105 Å². The van der Waals surface area contributed by atoms with Crippen LogP contribution < -0.4 is 4.90 Å². The summed E-state index contributed by atoms with van der Waals surface area (Å²) in [6, 6.07) is 10.2. The van der Waals surface area contributed by atoms with Crippen LogP contribution in [0.15, 0.2) is 24.3 Å². The second-order valence-electron chi connectivity index (χ2n) is 5.48. The van der Waals surface area contributed by atoms with Gasteiger partial charge in [-0.2, -0.15) is 0 Å². The van der Waals surface area contributed by atoms with E-state index in [1.165, 1.54) is 30.6 Å². The molecule has 94 valence electrons. The van der Waals surface area contributed by atoms with E-state index in [4.69, 9.17) is 0 Å². The minimum absolute atomic E-state index is 0.620. The van der Waals surface area contributed by atoms with Gasteiger partial charge in [-0.25, -0.2) is 0 Å². The summed E-state index contributed by atoms with van der Waals surface area (Å²) in [5, 5.41) is 0. The van der Waals surface area contributed by atoms with Crippen LogP contribution in [0.5, 0.6) is 0 Å². The van der Waals surface area contributed by atoms with Crippen molar-refractivity contribution in [2.75, 3.05) is 25.5 Å². The fourth-order valence-electron chi connectivity index (χ4n) is 2.78. The first kappa shape index (κ1) is 12.4. The van der Waals surface area contributed by atoms with E-state index < -0.39 is 0 Å².